The van der Waals surface area contributed by atoms with Crippen LogP contribution in [0.15, 0.2) is 24.3 Å². The van der Waals surface area contributed by atoms with Gasteiger partial charge in [-0.2, -0.15) is 0 Å². The maximum Gasteiger partial charge on any atom is 0.317 e. The van der Waals surface area contributed by atoms with Gasteiger partial charge in [0.1, 0.15) is 0 Å². The van der Waals surface area contributed by atoms with Crippen LogP contribution in [0.5, 0.6) is 0 Å². The molecular weight excluding hydrogens is 266 g/mol. The van der Waals surface area contributed by atoms with E-state index in [0.29, 0.717) is 19.6 Å². The number of hydrogen-bond donors (Lipinski definition) is 3. The zero-order valence-corrected chi connectivity index (χ0v) is 12.6. The predicted molar refractivity (Wildman–Crippen MR) is 84.5 cm³/mol. The minimum absolute atomic E-state index is 0.0111. The predicted octanol–water partition coefficient (Wildman–Crippen LogP) is 2.04. The van der Waals surface area contributed by atoms with Gasteiger partial charge in [0.2, 0.25) is 0 Å². The van der Waals surface area contributed by atoms with Gasteiger partial charge in [0.05, 0.1) is 6.61 Å². The number of likely N-dealkylation sites (N-methyl/N-ethyl adjacent to an activating group) is 1. The lowest BCUT2D eigenvalue weighted by atomic mass is 10.1. The highest BCUT2D eigenvalue weighted by atomic mass is 16.3. The third-order valence-corrected chi connectivity index (χ3v) is 3.72. The lowest BCUT2D eigenvalue weighted by Crippen LogP contribution is -2.42. The summed E-state index contributed by atoms with van der Waals surface area (Å²) in [5.41, 5.74) is 3.52. The van der Waals surface area contributed by atoms with Crippen molar-refractivity contribution >= 4 is 16.9 Å². The van der Waals surface area contributed by atoms with Gasteiger partial charge in [-0.25, -0.2) is 4.79 Å². The van der Waals surface area contributed by atoms with Crippen molar-refractivity contribution in [3.63, 3.8) is 0 Å². The molecule has 2 amide bonds. The average Bonchev–Trinajstić information content (AvgIpc) is 2.80. The van der Waals surface area contributed by atoms with E-state index in [4.69, 9.17) is 5.11 Å². The maximum absolute atomic E-state index is 11.9. The third-order valence-electron chi connectivity index (χ3n) is 3.72. The fourth-order valence-corrected chi connectivity index (χ4v) is 2.59. The molecule has 1 aromatic carbocycles. The number of rotatable bonds is 6. The minimum Gasteiger partial charge on any atom is -0.395 e. The SMILES string of the molecule is CCN(CCO)C(=O)NCCc1c(C)[nH]c2ccccc12. The minimum atomic E-state index is -0.121. The molecule has 0 aliphatic heterocycles. The van der Waals surface area contributed by atoms with E-state index in [1.165, 1.54) is 10.9 Å². The number of nitrogens with one attached hydrogen (secondary N) is 2. The first kappa shape index (κ1) is 15.4. The molecule has 0 fully saturated rings. The molecule has 5 heteroatoms. The van der Waals surface area contributed by atoms with Crippen molar-refractivity contribution in [1.29, 1.82) is 0 Å². The number of carbonyl (C=O) groups is 1. The Morgan fingerprint density at radius 1 is 1.38 bits per heavy atom. The number of urea groups is 1. The molecule has 5 nitrogen and oxygen atoms in total. The van der Waals surface area contributed by atoms with Gasteiger partial charge in [0.25, 0.3) is 0 Å². The van der Waals surface area contributed by atoms with Crippen LogP contribution in [0.4, 0.5) is 4.79 Å². The number of aryl methyl sites for hydroxylation is 1. The molecule has 0 saturated carbocycles. The Balaban J connectivity index is 1.96. The molecule has 114 valence electrons. The second-order valence-corrected chi connectivity index (χ2v) is 5.06. The molecule has 2 rings (SSSR count). The van der Waals surface area contributed by atoms with Gasteiger partial charge in [-0.1, -0.05) is 18.2 Å². The highest BCUT2D eigenvalue weighted by Crippen LogP contribution is 2.21. The molecule has 0 spiro atoms. The standard InChI is InChI=1S/C16H23N3O2/c1-3-19(10-11-20)16(21)17-9-8-13-12(2)18-15-7-5-4-6-14(13)15/h4-7,18,20H,3,8-11H2,1-2H3,(H,17,21). The summed E-state index contributed by atoms with van der Waals surface area (Å²) in [7, 11) is 0. The normalized spacial score (nSPS) is 10.8. The summed E-state index contributed by atoms with van der Waals surface area (Å²) in [5, 5.41) is 13.0. The highest BCUT2D eigenvalue weighted by Gasteiger charge is 2.11. The lowest BCUT2D eigenvalue weighted by molar-refractivity contribution is 0.180. The van der Waals surface area contributed by atoms with Crippen LogP contribution in [0.1, 0.15) is 18.2 Å². The summed E-state index contributed by atoms with van der Waals surface area (Å²) >= 11 is 0. The number of amides is 2. The van der Waals surface area contributed by atoms with Crippen LogP contribution < -0.4 is 5.32 Å². The van der Waals surface area contributed by atoms with Crippen LogP contribution in [-0.4, -0.2) is 47.3 Å². The fraction of sp³-hybridized carbons (Fsp3) is 0.438. The van der Waals surface area contributed by atoms with E-state index in [1.807, 2.05) is 19.1 Å². The lowest BCUT2D eigenvalue weighted by Gasteiger charge is -2.20. The van der Waals surface area contributed by atoms with E-state index >= 15 is 0 Å². The van der Waals surface area contributed by atoms with E-state index in [-0.39, 0.29) is 12.6 Å². The Morgan fingerprint density at radius 3 is 2.86 bits per heavy atom. The summed E-state index contributed by atoms with van der Waals surface area (Å²) < 4.78 is 0. The Bertz CT molecular complexity index is 607. The second kappa shape index (κ2) is 7.13. The number of fused-ring (bicyclic) bond motifs is 1. The number of carbonyl (C=O) groups excluding carboxylic acids is 1. The van der Waals surface area contributed by atoms with Crippen LogP contribution in [0, 0.1) is 6.92 Å². The van der Waals surface area contributed by atoms with E-state index in [2.05, 4.69) is 29.4 Å². The number of hydrogen-bond acceptors (Lipinski definition) is 2. The van der Waals surface area contributed by atoms with Crippen molar-refractivity contribution < 1.29 is 9.90 Å². The summed E-state index contributed by atoms with van der Waals surface area (Å²) in [6.07, 6.45) is 0.790. The van der Waals surface area contributed by atoms with Crippen molar-refractivity contribution in [1.82, 2.24) is 15.2 Å². The van der Waals surface area contributed by atoms with Gasteiger partial charge in [0.15, 0.2) is 0 Å². The topological polar surface area (TPSA) is 68.4 Å². The molecule has 0 aliphatic carbocycles. The largest absolute Gasteiger partial charge is 0.395 e. The quantitative estimate of drug-likeness (QED) is 0.762. The molecule has 1 aromatic heterocycles. The number of aromatic amines is 1. The van der Waals surface area contributed by atoms with E-state index in [0.717, 1.165) is 17.6 Å². The van der Waals surface area contributed by atoms with Gasteiger partial charge in [0, 0.05) is 36.2 Å². The monoisotopic (exact) mass is 289 g/mol. The molecule has 2 aromatic rings. The smallest absolute Gasteiger partial charge is 0.317 e. The zero-order chi connectivity index (χ0) is 15.2. The molecular formula is C16H23N3O2. The van der Waals surface area contributed by atoms with Gasteiger partial charge < -0.3 is 20.3 Å². The Kier molecular flexibility index (Phi) is 5.22. The first-order valence-corrected chi connectivity index (χ1v) is 7.37. The number of benzene rings is 1. The number of aromatic nitrogens is 1. The Hall–Kier alpha value is -2.01. The number of para-hydroxylation sites is 1. The third kappa shape index (κ3) is 3.55. The molecule has 0 radical (unpaired) electrons. The number of aliphatic hydroxyl groups excluding tert-OH is 1. The summed E-state index contributed by atoms with van der Waals surface area (Å²) in [4.78, 5) is 16.9. The van der Waals surface area contributed by atoms with Gasteiger partial charge >= 0.3 is 6.03 Å². The molecule has 0 unspecified atom stereocenters. The number of aliphatic hydroxyl groups is 1. The van der Waals surface area contributed by atoms with Crippen LogP contribution in [0.2, 0.25) is 0 Å². The van der Waals surface area contributed by atoms with Gasteiger partial charge in [-0.3, -0.25) is 0 Å². The van der Waals surface area contributed by atoms with Gasteiger partial charge in [-0.05, 0) is 31.9 Å². The average molecular weight is 289 g/mol. The van der Waals surface area contributed by atoms with Crippen molar-refractivity contribution in [2.24, 2.45) is 0 Å². The van der Waals surface area contributed by atoms with Crippen LogP contribution >= 0.6 is 0 Å². The summed E-state index contributed by atoms with van der Waals surface area (Å²) in [6, 6.07) is 8.07. The molecule has 0 bridgehead atoms. The van der Waals surface area contributed by atoms with Crippen LogP contribution in [-0.2, 0) is 6.42 Å². The zero-order valence-electron chi connectivity index (χ0n) is 12.6. The van der Waals surface area contributed by atoms with Crippen LogP contribution in [0.25, 0.3) is 10.9 Å². The molecule has 0 saturated heterocycles. The second-order valence-electron chi connectivity index (χ2n) is 5.06. The molecule has 21 heavy (non-hydrogen) atoms. The molecule has 1 heterocycles. The van der Waals surface area contributed by atoms with Crippen molar-refractivity contribution in [2.45, 2.75) is 20.3 Å². The highest BCUT2D eigenvalue weighted by molar-refractivity contribution is 5.84. The van der Waals surface area contributed by atoms with Crippen molar-refractivity contribution in [3.05, 3.63) is 35.5 Å². The molecule has 3 N–H and O–H groups in total. The number of nitrogens with zero attached hydrogens (tertiary/aromatic N) is 1. The summed E-state index contributed by atoms with van der Waals surface area (Å²) in [6.45, 7) is 5.50. The van der Waals surface area contributed by atoms with Crippen LogP contribution in [0.3, 0.4) is 0 Å². The maximum atomic E-state index is 11.9. The van der Waals surface area contributed by atoms with Gasteiger partial charge in [-0.15, -0.1) is 0 Å². The molecule has 0 atom stereocenters. The van der Waals surface area contributed by atoms with E-state index in [1.54, 1.807) is 4.90 Å². The van der Waals surface area contributed by atoms with E-state index < -0.39 is 0 Å². The Labute approximate surface area is 125 Å². The summed E-state index contributed by atoms with van der Waals surface area (Å²) in [5.74, 6) is 0. The first-order chi connectivity index (χ1) is 10.2. The first-order valence-electron chi connectivity index (χ1n) is 7.37. The number of H-pyrrole nitrogens is 1. The van der Waals surface area contributed by atoms with Crippen molar-refractivity contribution in [2.75, 3.05) is 26.2 Å². The molecule has 0 aliphatic rings. The van der Waals surface area contributed by atoms with E-state index in [9.17, 15) is 4.79 Å². The Morgan fingerprint density at radius 2 is 2.14 bits per heavy atom. The van der Waals surface area contributed by atoms with Crippen molar-refractivity contribution in [3.8, 4) is 0 Å². The fourth-order valence-electron chi connectivity index (χ4n) is 2.59.